The first-order valence-electron chi connectivity index (χ1n) is 9.41. The third-order valence-corrected chi connectivity index (χ3v) is 5.64. The second-order valence-corrected chi connectivity index (χ2v) is 7.86. The van der Waals surface area contributed by atoms with Crippen molar-refractivity contribution in [3.63, 3.8) is 0 Å². The number of aromatic nitrogens is 3. The molecule has 28 heavy (non-hydrogen) atoms. The van der Waals surface area contributed by atoms with Crippen LogP contribution in [0.3, 0.4) is 0 Å². The summed E-state index contributed by atoms with van der Waals surface area (Å²) in [5, 5.41) is 11.8. The minimum absolute atomic E-state index is 0.0234. The normalized spacial score (nSPS) is 20.3. The molecule has 1 amide bonds. The number of carbonyl (C=O) groups excluding carboxylic acids is 1. The maximum absolute atomic E-state index is 12.9. The summed E-state index contributed by atoms with van der Waals surface area (Å²) in [4.78, 5) is 12.9. The van der Waals surface area contributed by atoms with Gasteiger partial charge in [0.25, 0.3) is 0 Å². The standard InChI is InChI=1S/C20H24N6OS/c1-28-12-10-15(19-25-24-18-9-5-6-11-26(18)19)21-20(27)17-13-16(22-23-17)14-7-3-2-4-8-14/h2-9,11,15-17,22-23H,10,12-13H2,1H3,(H,21,27)/t15-,16?,17?/m1/s1. The van der Waals surface area contributed by atoms with Crippen molar-refractivity contribution >= 4 is 23.3 Å². The van der Waals surface area contributed by atoms with Gasteiger partial charge in [0, 0.05) is 12.2 Å². The Balaban J connectivity index is 1.47. The van der Waals surface area contributed by atoms with E-state index in [1.54, 1.807) is 11.8 Å². The Bertz CT molecular complexity index is 931. The number of hydrazine groups is 1. The predicted octanol–water partition coefficient (Wildman–Crippen LogP) is 2.25. The van der Waals surface area contributed by atoms with Crippen LogP contribution in [0, 0.1) is 0 Å². The Labute approximate surface area is 168 Å². The Morgan fingerprint density at radius 2 is 2.04 bits per heavy atom. The fourth-order valence-corrected chi connectivity index (χ4v) is 3.97. The topological polar surface area (TPSA) is 83.4 Å². The number of nitrogens with zero attached hydrogens (tertiary/aromatic N) is 3. The second kappa shape index (κ2) is 8.72. The molecule has 3 N–H and O–H groups in total. The SMILES string of the molecule is CSCC[C@@H](NC(=O)C1CC(c2ccccc2)NN1)c1nnc2ccccn12. The van der Waals surface area contributed by atoms with Gasteiger partial charge >= 0.3 is 0 Å². The number of rotatable bonds is 7. The van der Waals surface area contributed by atoms with Crippen molar-refractivity contribution in [3.8, 4) is 0 Å². The molecule has 2 aromatic heterocycles. The molecule has 0 saturated carbocycles. The van der Waals surface area contributed by atoms with Gasteiger partial charge in [0.15, 0.2) is 11.5 Å². The molecule has 8 heteroatoms. The first-order valence-corrected chi connectivity index (χ1v) is 10.8. The Hall–Kier alpha value is -2.42. The van der Waals surface area contributed by atoms with Crippen LogP contribution in [0.25, 0.3) is 5.65 Å². The second-order valence-electron chi connectivity index (χ2n) is 6.87. The van der Waals surface area contributed by atoms with E-state index in [-0.39, 0.29) is 24.0 Å². The van der Waals surface area contributed by atoms with Crippen LogP contribution in [0.1, 0.15) is 36.3 Å². The molecule has 146 valence electrons. The van der Waals surface area contributed by atoms with Gasteiger partial charge < -0.3 is 5.32 Å². The number of hydrogen-bond acceptors (Lipinski definition) is 6. The van der Waals surface area contributed by atoms with Gasteiger partial charge in [0.1, 0.15) is 6.04 Å². The van der Waals surface area contributed by atoms with Crippen molar-refractivity contribution in [1.82, 2.24) is 30.8 Å². The highest BCUT2D eigenvalue weighted by Crippen LogP contribution is 2.23. The van der Waals surface area contributed by atoms with Crippen molar-refractivity contribution in [3.05, 3.63) is 66.1 Å². The summed E-state index contributed by atoms with van der Waals surface area (Å²) in [5.74, 6) is 1.67. The molecule has 1 aromatic carbocycles. The lowest BCUT2D eigenvalue weighted by Crippen LogP contribution is -2.44. The molecular weight excluding hydrogens is 372 g/mol. The monoisotopic (exact) mass is 396 g/mol. The quantitative estimate of drug-likeness (QED) is 0.568. The Kier molecular flexibility index (Phi) is 5.90. The Morgan fingerprint density at radius 1 is 1.21 bits per heavy atom. The van der Waals surface area contributed by atoms with Gasteiger partial charge in [0.2, 0.25) is 5.91 Å². The zero-order valence-electron chi connectivity index (χ0n) is 15.7. The van der Waals surface area contributed by atoms with Crippen LogP contribution in [0.15, 0.2) is 54.7 Å². The van der Waals surface area contributed by atoms with E-state index in [1.807, 2.05) is 47.0 Å². The van der Waals surface area contributed by atoms with E-state index in [4.69, 9.17) is 0 Å². The average Bonchev–Trinajstić information content (AvgIpc) is 3.39. The van der Waals surface area contributed by atoms with Crippen LogP contribution in [0.5, 0.6) is 0 Å². The van der Waals surface area contributed by atoms with Crippen LogP contribution in [-0.4, -0.2) is 38.6 Å². The molecule has 1 aliphatic rings. The number of carbonyl (C=O) groups is 1. The number of thioether (sulfide) groups is 1. The van der Waals surface area contributed by atoms with Crippen molar-refractivity contribution in [2.24, 2.45) is 0 Å². The molecule has 1 fully saturated rings. The van der Waals surface area contributed by atoms with Crippen molar-refractivity contribution < 1.29 is 4.79 Å². The van der Waals surface area contributed by atoms with Gasteiger partial charge in [-0.05, 0) is 42.5 Å². The highest BCUT2D eigenvalue weighted by atomic mass is 32.2. The Morgan fingerprint density at radius 3 is 2.86 bits per heavy atom. The zero-order valence-corrected chi connectivity index (χ0v) is 16.5. The summed E-state index contributed by atoms with van der Waals surface area (Å²) in [7, 11) is 0. The number of amides is 1. The number of benzene rings is 1. The third kappa shape index (κ3) is 4.04. The van der Waals surface area contributed by atoms with Gasteiger partial charge in [-0.3, -0.25) is 9.20 Å². The zero-order chi connectivity index (χ0) is 19.3. The van der Waals surface area contributed by atoms with Crippen molar-refractivity contribution in [2.45, 2.75) is 31.0 Å². The number of fused-ring (bicyclic) bond motifs is 1. The summed E-state index contributed by atoms with van der Waals surface area (Å²) in [6.07, 6.45) is 5.49. The van der Waals surface area contributed by atoms with E-state index in [0.717, 1.165) is 23.6 Å². The molecule has 7 nitrogen and oxygen atoms in total. The maximum Gasteiger partial charge on any atom is 0.239 e. The van der Waals surface area contributed by atoms with E-state index in [9.17, 15) is 4.79 Å². The molecule has 1 aliphatic heterocycles. The van der Waals surface area contributed by atoms with Crippen LogP contribution >= 0.6 is 11.8 Å². The predicted molar refractivity (Wildman–Crippen MR) is 111 cm³/mol. The summed E-state index contributed by atoms with van der Waals surface area (Å²) in [5.41, 5.74) is 8.33. The largest absolute Gasteiger partial charge is 0.345 e. The minimum atomic E-state index is -0.291. The lowest BCUT2D eigenvalue weighted by molar-refractivity contribution is -0.123. The molecule has 2 unspecified atom stereocenters. The highest BCUT2D eigenvalue weighted by Gasteiger charge is 2.32. The van der Waals surface area contributed by atoms with Gasteiger partial charge in [-0.15, -0.1) is 10.2 Å². The molecule has 0 spiro atoms. The van der Waals surface area contributed by atoms with Gasteiger partial charge in [-0.1, -0.05) is 36.4 Å². The smallest absolute Gasteiger partial charge is 0.239 e. The van der Waals surface area contributed by atoms with E-state index in [0.29, 0.717) is 6.42 Å². The lowest BCUT2D eigenvalue weighted by atomic mass is 10.0. The lowest BCUT2D eigenvalue weighted by Gasteiger charge is -2.19. The van der Waals surface area contributed by atoms with Crippen LogP contribution in [0.2, 0.25) is 0 Å². The van der Waals surface area contributed by atoms with Crippen LogP contribution in [-0.2, 0) is 4.79 Å². The van der Waals surface area contributed by atoms with E-state index in [2.05, 4.69) is 44.8 Å². The summed E-state index contributed by atoms with van der Waals surface area (Å²) in [6, 6.07) is 15.6. The highest BCUT2D eigenvalue weighted by molar-refractivity contribution is 7.98. The maximum atomic E-state index is 12.9. The minimum Gasteiger partial charge on any atom is -0.345 e. The number of hydrogen-bond donors (Lipinski definition) is 3. The van der Waals surface area contributed by atoms with E-state index >= 15 is 0 Å². The number of pyridine rings is 1. The van der Waals surface area contributed by atoms with Crippen LogP contribution in [0.4, 0.5) is 0 Å². The van der Waals surface area contributed by atoms with E-state index < -0.39 is 0 Å². The van der Waals surface area contributed by atoms with Crippen molar-refractivity contribution in [1.29, 1.82) is 0 Å². The van der Waals surface area contributed by atoms with Crippen LogP contribution < -0.4 is 16.2 Å². The first kappa shape index (κ1) is 18.9. The average molecular weight is 397 g/mol. The summed E-state index contributed by atoms with van der Waals surface area (Å²) < 4.78 is 1.94. The summed E-state index contributed by atoms with van der Waals surface area (Å²) in [6.45, 7) is 0. The number of nitrogens with one attached hydrogen (secondary N) is 3. The van der Waals surface area contributed by atoms with E-state index in [1.165, 1.54) is 5.56 Å². The van der Waals surface area contributed by atoms with Gasteiger partial charge in [-0.2, -0.15) is 11.8 Å². The first-order chi connectivity index (χ1) is 13.8. The molecule has 1 saturated heterocycles. The summed E-state index contributed by atoms with van der Waals surface area (Å²) >= 11 is 1.75. The molecule has 0 bridgehead atoms. The third-order valence-electron chi connectivity index (χ3n) is 5.00. The fourth-order valence-electron chi connectivity index (χ4n) is 3.50. The van der Waals surface area contributed by atoms with Gasteiger partial charge in [-0.25, -0.2) is 10.9 Å². The fraction of sp³-hybridized carbons (Fsp3) is 0.350. The molecule has 0 radical (unpaired) electrons. The molecule has 4 rings (SSSR count). The molecule has 0 aliphatic carbocycles. The molecule has 3 aromatic rings. The molecule has 3 heterocycles. The van der Waals surface area contributed by atoms with Crippen molar-refractivity contribution in [2.75, 3.05) is 12.0 Å². The molecule has 3 atom stereocenters. The molecular formula is C20H24N6OS. The van der Waals surface area contributed by atoms with Gasteiger partial charge in [0.05, 0.1) is 6.04 Å².